The predicted molar refractivity (Wildman–Crippen MR) is 87.5 cm³/mol. The maximum atomic E-state index is 12.6. The number of rotatable bonds is 5. The highest BCUT2D eigenvalue weighted by Gasteiger charge is 2.31. The molecule has 2 rings (SSSR count). The van der Waals surface area contributed by atoms with E-state index in [1.165, 1.54) is 6.33 Å². The summed E-state index contributed by atoms with van der Waals surface area (Å²) in [6, 6.07) is 0.791. The van der Waals surface area contributed by atoms with E-state index in [9.17, 15) is 13.2 Å². The number of nitrogens with two attached hydrogens (primary N) is 1. The number of nitrogen functional groups attached to an aromatic ring is 1. The third-order valence-electron chi connectivity index (χ3n) is 3.33. The minimum Gasteiger partial charge on any atom is -0.393 e. The molecule has 3 N–H and O–H groups in total. The fourth-order valence-electron chi connectivity index (χ4n) is 2.06. The van der Waals surface area contributed by atoms with Crippen LogP contribution in [0, 0.1) is 0 Å². The van der Waals surface area contributed by atoms with Gasteiger partial charge in [0.05, 0.1) is 10.6 Å². The Balaban J connectivity index is 2.34. The number of hydrogen-bond acceptors (Lipinski definition) is 6. The molecule has 0 spiro atoms. The summed E-state index contributed by atoms with van der Waals surface area (Å²) in [6.45, 7) is 5.28. The van der Waals surface area contributed by atoms with E-state index in [0.29, 0.717) is 25.1 Å². The van der Waals surface area contributed by atoms with Crippen LogP contribution in [0.3, 0.4) is 0 Å². The summed E-state index contributed by atoms with van der Waals surface area (Å²) in [5.74, 6) is 0.780. The predicted octanol–water partition coefficient (Wildman–Crippen LogP) is 3.72. The topological polar surface area (TPSA) is 80.0 Å². The SMILES string of the molecule is CCN(CC)c1ncnc(Nc2ncc(C(F)(F)F)cc2Cl)c1N. The first-order valence-corrected chi connectivity index (χ1v) is 7.50. The lowest BCUT2D eigenvalue weighted by Gasteiger charge is -2.22. The zero-order valence-corrected chi connectivity index (χ0v) is 13.8. The maximum absolute atomic E-state index is 12.6. The molecule has 0 aliphatic rings. The fraction of sp³-hybridized carbons (Fsp3) is 0.357. The van der Waals surface area contributed by atoms with Crippen LogP contribution in [0.15, 0.2) is 18.6 Å². The van der Waals surface area contributed by atoms with Gasteiger partial charge in [-0.05, 0) is 19.9 Å². The second-order valence-electron chi connectivity index (χ2n) is 4.81. The smallest absolute Gasteiger partial charge is 0.393 e. The van der Waals surface area contributed by atoms with Crippen molar-refractivity contribution in [2.75, 3.05) is 29.0 Å². The van der Waals surface area contributed by atoms with E-state index in [0.717, 1.165) is 6.07 Å². The van der Waals surface area contributed by atoms with E-state index >= 15 is 0 Å². The average molecular weight is 361 g/mol. The van der Waals surface area contributed by atoms with Crippen LogP contribution in [0.1, 0.15) is 19.4 Å². The summed E-state index contributed by atoms with van der Waals surface area (Å²) in [5, 5.41) is 2.56. The molecule has 0 unspecified atom stereocenters. The Morgan fingerprint density at radius 1 is 1.17 bits per heavy atom. The lowest BCUT2D eigenvalue weighted by Crippen LogP contribution is -2.24. The molecule has 2 aromatic heterocycles. The molecule has 0 aliphatic heterocycles. The van der Waals surface area contributed by atoms with Crippen molar-refractivity contribution in [2.45, 2.75) is 20.0 Å². The molecule has 0 saturated heterocycles. The zero-order valence-electron chi connectivity index (χ0n) is 13.0. The largest absolute Gasteiger partial charge is 0.417 e. The van der Waals surface area contributed by atoms with Crippen molar-refractivity contribution < 1.29 is 13.2 Å². The first kappa shape index (κ1) is 18.1. The molecule has 0 atom stereocenters. The summed E-state index contributed by atoms with van der Waals surface area (Å²) in [6.07, 6.45) is -2.51. The van der Waals surface area contributed by atoms with Crippen LogP contribution in [0.5, 0.6) is 0 Å². The Labute approximate surface area is 141 Å². The molecule has 10 heteroatoms. The normalized spacial score (nSPS) is 11.4. The maximum Gasteiger partial charge on any atom is 0.417 e. The van der Waals surface area contributed by atoms with Crippen LogP contribution in [0.4, 0.5) is 36.3 Å². The number of anilines is 4. The Hall–Kier alpha value is -2.29. The standard InChI is InChI=1S/C14H16ClF3N6/c1-3-24(4-2)13-10(19)12(21-7-22-13)23-11-9(15)5-8(6-20-11)14(16,17)18/h5-7H,3-4,19H2,1-2H3,(H,20,21,22,23). The van der Waals surface area contributed by atoms with Crippen molar-refractivity contribution in [3.8, 4) is 0 Å². The van der Waals surface area contributed by atoms with Gasteiger partial charge in [-0.2, -0.15) is 13.2 Å². The van der Waals surface area contributed by atoms with Crippen LogP contribution in [0.25, 0.3) is 0 Å². The van der Waals surface area contributed by atoms with E-state index in [-0.39, 0.29) is 22.3 Å². The first-order chi connectivity index (χ1) is 11.3. The van der Waals surface area contributed by atoms with Crippen LogP contribution in [0.2, 0.25) is 5.02 Å². The number of halogens is 4. The number of pyridine rings is 1. The van der Waals surface area contributed by atoms with Gasteiger partial charge in [-0.15, -0.1) is 0 Å². The molecule has 6 nitrogen and oxygen atoms in total. The summed E-state index contributed by atoms with van der Waals surface area (Å²) >= 11 is 5.87. The van der Waals surface area contributed by atoms with E-state index < -0.39 is 11.7 Å². The molecule has 0 bridgehead atoms. The van der Waals surface area contributed by atoms with Crippen molar-refractivity contribution in [3.05, 3.63) is 29.2 Å². The van der Waals surface area contributed by atoms with Gasteiger partial charge in [-0.3, -0.25) is 0 Å². The van der Waals surface area contributed by atoms with Gasteiger partial charge in [0.25, 0.3) is 0 Å². The van der Waals surface area contributed by atoms with Gasteiger partial charge in [0.2, 0.25) is 0 Å². The Morgan fingerprint density at radius 2 is 1.83 bits per heavy atom. The second-order valence-corrected chi connectivity index (χ2v) is 5.22. The van der Waals surface area contributed by atoms with Gasteiger partial charge in [0, 0.05) is 19.3 Å². The molecule has 130 valence electrons. The lowest BCUT2D eigenvalue weighted by atomic mass is 10.2. The van der Waals surface area contributed by atoms with E-state index in [1.807, 2.05) is 18.7 Å². The van der Waals surface area contributed by atoms with Gasteiger partial charge in [0.1, 0.15) is 17.8 Å². The van der Waals surface area contributed by atoms with Crippen molar-refractivity contribution >= 4 is 34.7 Å². The molecule has 0 aliphatic carbocycles. The van der Waals surface area contributed by atoms with Gasteiger partial charge >= 0.3 is 6.18 Å². The van der Waals surface area contributed by atoms with Crippen molar-refractivity contribution in [1.29, 1.82) is 0 Å². The summed E-state index contributed by atoms with van der Waals surface area (Å²) in [4.78, 5) is 13.8. The third-order valence-corrected chi connectivity index (χ3v) is 3.62. The van der Waals surface area contributed by atoms with E-state index in [2.05, 4.69) is 20.3 Å². The molecule has 0 aromatic carbocycles. The quantitative estimate of drug-likeness (QED) is 0.846. The number of aromatic nitrogens is 3. The molecule has 0 amide bonds. The van der Waals surface area contributed by atoms with Gasteiger partial charge in [-0.1, -0.05) is 11.6 Å². The Bertz CT molecular complexity index is 718. The molecule has 2 heterocycles. The number of nitrogens with zero attached hydrogens (tertiary/aromatic N) is 4. The minimum atomic E-state index is -4.51. The molecular formula is C14H16ClF3N6. The second kappa shape index (κ2) is 7.08. The van der Waals surface area contributed by atoms with Crippen LogP contribution < -0.4 is 16.0 Å². The van der Waals surface area contributed by atoms with Gasteiger partial charge < -0.3 is 16.0 Å². The summed E-state index contributed by atoms with van der Waals surface area (Å²) in [7, 11) is 0. The third kappa shape index (κ3) is 3.78. The van der Waals surface area contributed by atoms with Crippen molar-refractivity contribution in [1.82, 2.24) is 15.0 Å². The van der Waals surface area contributed by atoms with E-state index in [4.69, 9.17) is 17.3 Å². The highest BCUT2D eigenvalue weighted by atomic mass is 35.5. The number of hydrogen-bond donors (Lipinski definition) is 2. The Morgan fingerprint density at radius 3 is 2.38 bits per heavy atom. The average Bonchev–Trinajstić information content (AvgIpc) is 2.52. The molecular weight excluding hydrogens is 345 g/mol. The van der Waals surface area contributed by atoms with E-state index in [1.54, 1.807) is 0 Å². The molecule has 0 saturated carbocycles. The highest BCUT2D eigenvalue weighted by Crippen LogP contribution is 2.34. The lowest BCUT2D eigenvalue weighted by molar-refractivity contribution is -0.137. The molecule has 24 heavy (non-hydrogen) atoms. The molecule has 0 radical (unpaired) electrons. The molecule has 2 aromatic rings. The summed E-state index contributed by atoms with van der Waals surface area (Å²) in [5.41, 5.74) is 5.38. The first-order valence-electron chi connectivity index (χ1n) is 7.13. The van der Waals surface area contributed by atoms with Crippen molar-refractivity contribution in [2.24, 2.45) is 0 Å². The van der Waals surface area contributed by atoms with Gasteiger partial charge in [-0.25, -0.2) is 15.0 Å². The van der Waals surface area contributed by atoms with Crippen LogP contribution >= 0.6 is 11.6 Å². The minimum absolute atomic E-state index is 0.0283. The van der Waals surface area contributed by atoms with Crippen LogP contribution in [-0.4, -0.2) is 28.0 Å². The van der Waals surface area contributed by atoms with Gasteiger partial charge in [0.15, 0.2) is 11.6 Å². The van der Waals surface area contributed by atoms with Crippen LogP contribution in [-0.2, 0) is 6.18 Å². The zero-order chi connectivity index (χ0) is 17.9. The number of alkyl halides is 3. The monoisotopic (exact) mass is 360 g/mol. The van der Waals surface area contributed by atoms with Crippen molar-refractivity contribution in [3.63, 3.8) is 0 Å². The fourth-order valence-corrected chi connectivity index (χ4v) is 2.27. The Kier molecular flexibility index (Phi) is 5.33. The summed E-state index contributed by atoms with van der Waals surface area (Å²) < 4.78 is 37.9. The number of nitrogens with one attached hydrogen (secondary N) is 1. The highest BCUT2D eigenvalue weighted by molar-refractivity contribution is 6.33. The molecule has 0 fully saturated rings.